The molecule has 166 valence electrons. The molecule has 4 rings (SSSR count). The number of thiazole rings is 1. The van der Waals surface area contributed by atoms with Gasteiger partial charge in [-0.25, -0.2) is 9.37 Å². The first-order chi connectivity index (χ1) is 15.8. The minimum atomic E-state index is -0.545. The van der Waals surface area contributed by atoms with Gasteiger partial charge in [-0.1, -0.05) is 24.3 Å². The van der Waals surface area contributed by atoms with E-state index in [1.54, 1.807) is 47.8 Å². The lowest BCUT2D eigenvalue weighted by Crippen LogP contribution is -2.10. The Hall–Kier alpha value is -4.11. The maximum absolute atomic E-state index is 14.4. The predicted octanol–water partition coefficient (Wildman–Crippen LogP) is 5.62. The highest BCUT2D eigenvalue weighted by atomic mass is 32.1. The quantitative estimate of drug-likeness (QED) is 0.361. The van der Waals surface area contributed by atoms with Gasteiger partial charge in [-0.2, -0.15) is 0 Å². The standard InChI is InChI=1S/C24H18FN3O4S/c1-13(29)15-3-5-16(6-4-15)21-9-10-22(32-21)23(31)28-24-27-20(12-33-24)18-8-7-17(11-19(18)25)26-14(2)30/h3-12H,1-2H3,(H,26,30)(H,27,28,31). The molecule has 2 N–H and O–H groups in total. The van der Waals surface area contributed by atoms with E-state index in [0.717, 1.165) is 16.9 Å². The summed E-state index contributed by atoms with van der Waals surface area (Å²) in [7, 11) is 0. The Balaban J connectivity index is 1.46. The summed E-state index contributed by atoms with van der Waals surface area (Å²) in [5, 5.41) is 7.06. The van der Waals surface area contributed by atoms with Gasteiger partial charge in [-0.15, -0.1) is 11.3 Å². The summed E-state index contributed by atoms with van der Waals surface area (Å²) in [4.78, 5) is 39.4. The van der Waals surface area contributed by atoms with Crippen LogP contribution in [-0.2, 0) is 4.79 Å². The molecule has 0 aliphatic carbocycles. The molecule has 0 fully saturated rings. The topological polar surface area (TPSA) is 101 Å². The Labute approximate surface area is 192 Å². The number of Topliss-reactive ketones (excluding diaryl/α,β-unsaturated/α-hetero) is 1. The molecule has 0 radical (unpaired) electrons. The number of hydrogen-bond donors (Lipinski definition) is 2. The fourth-order valence-corrected chi connectivity index (χ4v) is 3.81. The van der Waals surface area contributed by atoms with E-state index >= 15 is 0 Å². The summed E-state index contributed by atoms with van der Waals surface area (Å²) >= 11 is 1.15. The fraction of sp³-hybridized carbons (Fsp3) is 0.0833. The molecular formula is C24H18FN3O4S. The van der Waals surface area contributed by atoms with Crippen LogP contribution in [0, 0.1) is 5.82 Å². The number of benzene rings is 2. The smallest absolute Gasteiger partial charge is 0.293 e. The van der Waals surface area contributed by atoms with Crippen molar-refractivity contribution in [2.45, 2.75) is 13.8 Å². The van der Waals surface area contributed by atoms with Crippen molar-refractivity contribution in [2.75, 3.05) is 10.6 Å². The first-order valence-corrected chi connectivity index (χ1v) is 10.7. The predicted molar refractivity (Wildman–Crippen MR) is 124 cm³/mol. The lowest BCUT2D eigenvalue weighted by atomic mass is 10.1. The van der Waals surface area contributed by atoms with Gasteiger partial charge in [0.15, 0.2) is 16.7 Å². The van der Waals surface area contributed by atoms with Crippen LogP contribution in [0.1, 0.15) is 34.8 Å². The second-order valence-electron chi connectivity index (χ2n) is 7.17. The number of nitrogens with zero attached hydrogens (tertiary/aromatic N) is 1. The van der Waals surface area contributed by atoms with Gasteiger partial charge in [0.05, 0.1) is 5.69 Å². The second-order valence-corrected chi connectivity index (χ2v) is 8.02. The second kappa shape index (κ2) is 9.17. The maximum atomic E-state index is 14.4. The molecule has 2 aromatic heterocycles. The van der Waals surface area contributed by atoms with E-state index in [-0.39, 0.29) is 28.1 Å². The molecule has 0 bridgehead atoms. The highest BCUT2D eigenvalue weighted by molar-refractivity contribution is 7.14. The van der Waals surface area contributed by atoms with E-state index < -0.39 is 11.7 Å². The maximum Gasteiger partial charge on any atom is 0.293 e. The Morgan fingerprint density at radius 2 is 1.73 bits per heavy atom. The van der Waals surface area contributed by atoms with Gasteiger partial charge in [0.25, 0.3) is 5.91 Å². The van der Waals surface area contributed by atoms with Crippen molar-refractivity contribution in [3.05, 3.63) is 77.1 Å². The largest absolute Gasteiger partial charge is 0.451 e. The molecule has 33 heavy (non-hydrogen) atoms. The number of amides is 2. The van der Waals surface area contributed by atoms with Crippen LogP contribution in [-0.4, -0.2) is 22.6 Å². The molecule has 7 nitrogen and oxygen atoms in total. The highest BCUT2D eigenvalue weighted by Gasteiger charge is 2.16. The number of carbonyl (C=O) groups is 3. The molecule has 0 saturated heterocycles. The number of aromatic nitrogens is 1. The third-order valence-electron chi connectivity index (χ3n) is 4.70. The SMILES string of the molecule is CC(=O)Nc1ccc(-c2csc(NC(=O)c3ccc(-c4ccc(C(C)=O)cc4)o3)n2)c(F)c1. The molecule has 0 aliphatic rings. The van der Waals surface area contributed by atoms with Crippen LogP contribution >= 0.6 is 11.3 Å². The van der Waals surface area contributed by atoms with Crippen LogP contribution in [0.3, 0.4) is 0 Å². The van der Waals surface area contributed by atoms with Crippen molar-refractivity contribution in [3.63, 3.8) is 0 Å². The van der Waals surface area contributed by atoms with Gasteiger partial charge in [-0.3, -0.25) is 19.7 Å². The van der Waals surface area contributed by atoms with Gasteiger partial charge < -0.3 is 9.73 Å². The first kappa shape index (κ1) is 22.1. The molecule has 0 aliphatic heterocycles. The molecule has 0 spiro atoms. The van der Waals surface area contributed by atoms with Crippen molar-refractivity contribution in [2.24, 2.45) is 0 Å². The molecule has 2 aromatic carbocycles. The van der Waals surface area contributed by atoms with E-state index in [9.17, 15) is 18.8 Å². The Kier molecular flexibility index (Phi) is 6.14. The van der Waals surface area contributed by atoms with Crippen LogP contribution in [0.5, 0.6) is 0 Å². The van der Waals surface area contributed by atoms with E-state index in [2.05, 4.69) is 15.6 Å². The Morgan fingerprint density at radius 3 is 2.39 bits per heavy atom. The van der Waals surface area contributed by atoms with E-state index in [1.165, 1.54) is 26.0 Å². The highest BCUT2D eigenvalue weighted by Crippen LogP contribution is 2.29. The van der Waals surface area contributed by atoms with Crippen molar-refractivity contribution in [3.8, 4) is 22.6 Å². The molecular weight excluding hydrogens is 445 g/mol. The van der Waals surface area contributed by atoms with Gasteiger partial charge >= 0.3 is 0 Å². The molecule has 0 unspecified atom stereocenters. The molecule has 0 atom stereocenters. The van der Waals surface area contributed by atoms with Crippen molar-refractivity contribution < 1.29 is 23.2 Å². The number of ketones is 1. The summed E-state index contributed by atoms with van der Waals surface area (Å²) in [6.45, 7) is 2.83. The zero-order valence-electron chi connectivity index (χ0n) is 17.6. The molecule has 0 saturated carbocycles. The van der Waals surface area contributed by atoms with Gasteiger partial charge in [-0.05, 0) is 37.3 Å². The fourth-order valence-electron chi connectivity index (χ4n) is 3.10. The minimum absolute atomic E-state index is 0.0348. The van der Waals surface area contributed by atoms with Crippen molar-refractivity contribution in [1.82, 2.24) is 4.98 Å². The summed E-state index contributed by atoms with van der Waals surface area (Å²) in [6.07, 6.45) is 0. The molecule has 2 heterocycles. The number of rotatable bonds is 6. The normalized spacial score (nSPS) is 10.6. The third-order valence-corrected chi connectivity index (χ3v) is 5.45. The average Bonchev–Trinajstić information content (AvgIpc) is 3.43. The Bertz CT molecular complexity index is 1360. The molecule has 4 aromatic rings. The minimum Gasteiger partial charge on any atom is -0.451 e. The monoisotopic (exact) mass is 463 g/mol. The number of anilines is 2. The summed E-state index contributed by atoms with van der Waals surface area (Å²) in [5.74, 6) is -0.804. The lowest BCUT2D eigenvalue weighted by molar-refractivity contribution is -0.114. The van der Waals surface area contributed by atoms with Crippen LogP contribution in [0.4, 0.5) is 15.2 Å². The van der Waals surface area contributed by atoms with Crippen LogP contribution in [0.15, 0.2) is 64.4 Å². The number of furan rings is 1. The zero-order valence-corrected chi connectivity index (χ0v) is 18.5. The molecule has 2 amide bonds. The first-order valence-electron chi connectivity index (χ1n) is 9.86. The van der Waals surface area contributed by atoms with Crippen LogP contribution in [0.2, 0.25) is 0 Å². The number of halogens is 1. The lowest BCUT2D eigenvalue weighted by Gasteiger charge is -2.05. The number of nitrogens with one attached hydrogen (secondary N) is 2. The molecule has 9 heteroatoms. The van der Waals surface area contributed by atoms with Gasteiger partial charge in [0.1, 0.15) is 11.6 Å². The van der Waals surface area contributed by atoms with Crippen molar-refractivity contribution in [1.29, 1.82) is 0 Å². The van der Waals surface area contributed by atoms with E-state index in [4.69, 9.17) is 4.42 Å². The van der Waals surface area contributed by atoms with Crippen LogP contribution < -0.4 is 10.6 Å². The summed E-state index contributed by atoms with van der Waals surface area (Å²) in [6, 6.07) is 14.4. The van der Waals surface area contributed by atoms with Gasteiger partial charge in [0.2, 0.25) is 5.91 Å². The Morgan fingerprint density at radius 1 is 0.970 bits per heavy atom. The van der Waals surface area contributed by atoms with E-state index in [0.29, 0.717) is 22.7 Å². The zero-order chi connectivity index (χ0) is 23.5. The number of hydrogen-bond acceptors (Lipinski definition) is 6. The van der Waals surface area contributed by atoms with Crippen LogP contribution in [0.25, 0.3) is 22.6 Å². The average molecular weight is 463 g/mol. The van der Waals surface area contributed by atoms with Gasteiger partial charge in [0, 0.05) is 34.7 Å². The summed E-state index contributed by atoms with van der Waals surface area (Å²) in [5.41, 5.74) is 2.26. The number of carbonyl (C=O) groups excluding carboxylic acids is 3. The summed E-state index contributed by atoms with van der Waals surface area (Å²) < 4.78 is 20.1. The van der Waals surface area contributed by atoms with Crippen molar-refractivity contribution >= 4 is 39.8 Å². The van der Waals surface area contributed by atoms with E-state index in [1.807, 2.05) is 0 Å². The third kappa shape index (κ3) is 5.04.